The summed E-state index contributed by atoms with van der Waals surface area (Å²) in [5.74, 6) is -0.712. The molecule has 0 aliphatic rings. The number of carboxylic acids is 2. The van der Waals surface area contributed by atoms with Gasteiger partial charge in [-0.2, -0.15) is 10.5 Å². The van der Waals surface area contributed by atoms with Crippen LogP contribution in [0.3, 0.4) is 0 Å². The fraction of sp³-hybridized carbons (Fsp3) is 0.312. The molecule has 0 aliphatic carbocycles. The monoisotopic (exact) mass is 730 g/mol. The Labute approximate surface area is 293 Å². The van der Waals surface area contributed by atoms with Crippen LogP contribution in [-0.2, 0) is 19.5 Å². The Morgan fingerprint density at radius 1 is 0.745 bits per heavy atom. The number of aryl methyl sites for hydroxylation is 2. The van der Waals surface area contributed by atoms with Crippen molar-refractivity contribution in [3.8, 4) is 44.8 Å². The van der Waals surface area contributed by atoms with Crippen LogP contribution in [0.5, 0.6) is 11.5 Å². The summed E-state index contributed by atoms with van der Waals surface area (Å²) >= 11 is 2.08. The molecule has 47 heavy (non-hydrogen) atoms. The number of hydrogen-bond acceptors (Lipinski definition) is 12. The predicted molar refractivity (Wildman–Crippen MR) is 171 cm³/mol. The number of benzene rings is 2. The molecule has 4 N–H and O–H groups in total. The van der Waals surface area contributed by atoms with Gasteiger partial charge < -0.3 is 40.2 Å². The number of aromatic nitrogens is 2. The summed E-state index contributed by atoms with van der Waals surface area (Å²) in [6.07, 6.45) is 0. The Hall–Kier alpha value is -4.24. The number of nitrogens with zero attached hydrogens (tertiary/aromatic N) is 4. The molecule has 0 aliphatic heterocycles. The largest absolute Gasteiger partial charge is 2.00 e. The number of hydrogen-bond donors (Lipinski definition) is 0. The second kappa shape index (κ2) is 19.4. The third kappa shape index (κ3) is 11.5. The molecule has 4 aromatic rings. The quantitative estimate of drug-likeness (QED) is 0.216. The van der Waals surface area contributed by atoms with E-state index >= 15 is 0 Å². The molecule has 0 radical (unpaired) electrons. The van der Waals surface area contributed by atoms with Crippen LogP contribution in [0.15, 0.2) is 36.4 Å². The number of carbonyl (C=O) groups excluding carboxylic acids is 2. The summed E-state index contributed by atoms with van der Waals surface area (Å²) in [6, 6.07) is 14.5. The first-order chi connectivity index (χ1) is 20.8. The maximum absolute atomic E-state index is 11.0. The SMILES string of the molecule is Cc1nc(-c2ccc(OCC(C)C)c(C#N)c2)sc1C(=O)[O-].Cc1nc(-c2ccc(OCC(C)C)c(C#N)c2)sc1C(=O)[O-].O.O.[Zn+2]. The number of carbonyl (C=O) groups is 2. The van der Waals surface area contributed by atoms with Crippen molar-refractivity contribution in [1.82, 2.24) is 9.97 Å². The average Bonchev–Trinajstić information content (AvgIpc) is 3.57. The van der Waals surface area contributed by atoms with Crippen molar-refractivity contribution < 1.29 is 59.7 Å². The molecular weight excluding hydrogens is 698 g/mol. The average molecular weight is 732 g/mol. The van der Waals surface area contributed by atoms with E-state index in [1.807, 2.05) is 27.7 Å². The molecule has 0 saturated heterocycles. The zero-order valence-electron chi connectivity index (χ0n) is 26.8. The summed E-state index contributed by atoms with van der Waals surface area (Å²) in [4.78, 5) is 30.6. The molecular formula is C32H34N4O8S2Zn. The molecule has 0 fully saturated rings. The van der Waals surface area contributed by atoms with Crippen LogP contribution >= 0.6 is 22.7 Å². The summed E-state index contributed by atoms with van der Waals surface area (Å²) in [5.41, 5.74) is 3.02. The van der Waals surface area contributed by atoms with E-state index in [-0.39, 0.29) is 40.2 Å². The molecule has 15 heteroatoms. The smallest absolute Gasteiger partial charge is 0.544 e. The summed E-state index contributed by atoms with van der Waals surface area (Å²) in [6.45, 7) is 12.4. The van der Waals surface area contributed by atoms with Crippen LogP contribution in [0.25, 0.3) is 21.1 Å². The first kappa shape index (κ1) is 42.8. The number of nitriles is 2. The van der Waals surface area contributed by atoms with Crippen LogP contribution in [0, 0.1) is 48.3 Å². The van der Waals surface area contributed by atoms with Crippen LogP contribution in [0.2, 0.25) is 0 Å². The molecule has 0 amide bonds. The summed E-state index contributed by atoms with van der Waals surface area (Å²) in [5, 5.41) is 41.6. The Morgan fingerprint density at radius 3 is 1.34 bits per heavy atom. The van der Waals surface area contributed by atoms with E-state index in [0.717, 1.165) is 22.7 Å². The minimum Gasteiger partial charge on any atom is -0.544 e. The van der Waals surface area contributed by atoms with Gasteiger partial charge in [-0.1, -0.05) is 27.7 Å². The molecule has 2 aromatic carbocycles. The standard InChI is InChI=1S/2C16H16N2O3S.2H2O.Zn/c2*1-9(2)8-21-13-5-4-11(6-12(13)7-17)15-18-10(3)14(22-15)16(19)20;;;/h2*4-6,9H,8H2,1-3H3,(H,19,20);2*1H2;/q;;;;+2/p-2. The summed E-state index contributed by atoms with van der Waals surface area (Å²) < 4.78 is 11.2. The molecule has 0 spiro atoms. The van der Waals surface area contributed by atoms with Gasteiger partial charge in [0.1, 0.15) is 33.7 Å². The van der Waals surface area contributed by atoms with Gasteiger partial charge in [0.05, 0.1) is 57.4 Å². The minimum absolute atomic E-state index is 0. The van der Waals surface area contributed by atoms with Crippen molar-refractivity contribution in [3.05, 3.63) is 68.7 Å². The molecule has 0 unspecified atom stereocenters. The van der Waals surface area contributed by atoms with E-state index in [4.69, 9.17) is 9.47 Å². The Morgan fingerprint density at radius 2 is 1.09 bits per heavy atom. The van der Waals surface area contributed by atoms with Gasteiger partial charge in [0, 0.05) is 11.1 Å². The van der Waals surface area contributed by atoms with E-state index in [1.54, 1.807) is 50.2 Å². The van der Waals surface area contributed by atoms with E-state index in [1.165, 1.54) is 0 Å². The number of ether oxygens (including phenoxy) is 2. The number of thiazole rings is 2. The van der Waals surface area contributed by atoms with Crippen LogP contribution in [0.1, 0.15) is 69.6 Å². The number of rotatable bonds is 10. The summed E-state index contributed by atoms with van der Waals surface area (Å²) in [7, 11) is 0. The maximum Gasteiger partial charge on any atom is 2.00 e. The Bertz CT molecular complexity index is 1630. The van der Waals surface area contributed by atoms with Gasteiger partial charge in [-0.3, -0.25) is 0 Å². The van der Waals surface area contributed by atoms with E-state index in [9.17, 15) is 30.3 Å². The second-order valence-corrected chi connectivity index (χ2v) is 12.5. The van der Waals surface area contributed by atoms with Gasteiger partial charge in [-0.05, 0) is 62.1 Å². The van der Waals surface area contributed by atoms with Crippen LogP contribution < -0.4 is 19.7 Å². The third-order valence-corrected chi connectivity index (χ3v) is 8.18. The zero-order valence-corrected chi connectivity index (χ0v) is 31.4. The first-order valence-corrected chi connectivity index (χ1v) is 15.2. The van der Waals surface area contributed by atoms with Crippen molar-refractivity contribution in [1.29, 1.82) is 10.5 Å². The molecule has 4 rings (SSSR count). The fourth-order valence-electron chi connectivity index (χ4n) is 3.68. The first-order valence-electron chi connectivity index (χ1n) is 13.6. The Kier molecular flexibility index (Phi) is 17.7. The molecule has 0 atom stereocenters. The van der Waals surface area contributed by atoms with E-state index in [0.29, 0.717) is 80.2 Å². The van der Waals surface area contributed by atoms with E-state index in [2.05, 4.69) is 22.1 Å². The van der Waals surface area contributed by atoms with Crippen molar-refractivity contribution in [2.24, 2.45) is 11.8 Å². The number of carboxylic acid groups (broad SMARTS) is 2. The molecule has 0 bridgehead atoms. The second-order valence-electron chi connectivity index (χ2n) is 10.5. The minimum atomic E-state index is -1.24. The van der Waals surface area contributed by atoms with Gasteiger partial charge in [0.15, 0.2) is 0 Å². The van der Waals surface area contributed by atoms with Crippen LogP contribution in [0.4, 0.5) is 0 Å². The van der Waals surface area contributed by atoms with Crippen LogP contribution in [-0.4, -0.2) is 46.1 Å². The van der Waals surface area contributed by atoms with Crippen molar-refractivity contribution in [2.75, 3.05) is 13.2 Å². The predicted octanol–water partition coefficient (Wildman–Crippen LogP) is 3.13. The van der Waals surface area contributed by atoms with Gasteiger partial charge >= 0.3 is 19.5 Å². The molecule has 2 aromatic heterocycles. The molecule has 244 valence electrons. The Balaban J connectivity index is 0.000000846. The number of aromatic carboxylic acids is 2. The normalized spacial score (nSPS) is 9.83. The van der Waals surface area contributed by atoms with E-state index < -0.39 is 11.9 Å². The van der Waals surface area contributed by atoms with Gasteiger partial charge in [-0.15, -0.1) is 22.7 Å². The van der Waals surface area contributed by atoms with Gasteiger partial charge in [-0.25, -0.2) is 9.97 Å². The topological polar surface area (TPSA) is 235 Å². The fourth-order valence-corrected chi connectivity index (χ4v) is 5.48. The third-order valence-electron chi connectivity index (χ3n) is 5.80. The van der Waals surface area contributed by atoms with Crippen molar-refractivity contribution in [2.45, 2.75) is 41.5 Å². The van der Waals surface area contributed by atoms with Crippen molar-refractivity contribution >= 4 is 34.6 Å². The molecule has 0 saturated carbocycles. The van der Waals surface area contributed by atoms with Gasteiger partial charge in [0.2, 0.25) is 0 Å². The zero-order chi connectivity index (χ0) is 32.6. The van der Waals surface area contributed by atoms with Gasteiger partial charge in [0.25, 0.3) is 0 Å². The molecule has 2 heterocycles. The maximum atomic E-state index is 11.0. The molecule has 12 nitrogen and oxygen atoms in total. The van der Waals surface area contributed by atoms with Crippen molar-refractivity contribution in [3.63, 3.8) is 0 Å².